The normalized spacial score (nSPS) is 17.4. The molecule has 4 aromatic heterocycles. The number of anilines is 3. The Kier molecular flexibility index (Phi) is 6.28. The van der Waals surface area contributed by atoms with Crippen LogP contribution < -0.4 is 20.9 Å². The van der Waals surface area contributed by atoms with Gasteiger partial charge in [-0.25, -0.2) is 9.97 Å². The van der Waals surface area contributed by atoms with Crippen LogP contribution in [0.25, 0.3) is 11.2 Å². The number of nitrogens with one attached hydrogen (secondary N) is 2. The number of carbonyl (C=O) groups excluding carboxylic acids is 1. The quantitative estimate of drug-likeness (QED) is 0.374. The van der Waals surface area contributed by atoms with Gasteiger partial charge >= 0.3 is 0 Å². The minimum Gasteiger partial charge on any atom is -0.439 e. The summed E-state index contributed by atoms with van der Waals surface area (Å²) in [6.07, 6.45) is 7.72. The lowest BCUT2D eigenvalue weighted by molar-refractivity contribution is -0.114. The van der Waals surface area contributed by atoms with Gasteiger partial charge in [-0.3, -0.25) is 14.2 Å². The predicted octanol–water partition coefficient (Wildman–Crippen LogP) is 4.25. The molecule has 5 heterocycles. The Labute approximate surface area is 218 Å². The zero-order valence-corrected chi connectivity index (χ0v) is 21.3. The van der Waals surface area contributed by atoms with Crippen LogP contribution in [0, 0.1) is 0 Å². The maximum Gasteiger partial charge on any atom is 0.274 e. The van der Waals surface area contributed by atoms with Gasteiger partial charge in [0.15, 0.2) is 5.65 Å². The second-order valence-corrected chi connectivity index (χ2v) is 9.82. The number of rotatable bonds is 7. The second kappa shape index (κ2) is 9.90. The minimum atomic E-state index is -0.217. The maximum absolute atomic E-state index is 13.5. The number of carbonyl (C=O) groups is 1. The highest BCUT2D eigenvalue weighted by atomic mass is 16.5. The van der Waals surface area contributed by atoms with E-state index in [0.717, 1.165) is 32.3 Å². The van der Waals surface area contributed by atoms with Gasteiger partial charge in [0.2, 0.25) is 17.7 Å². The molecule has 1 saturated carbocycles. The zero-order valence-electron chi connectivity index (χ0n) is 21.3. The Hall–Kier alpha value is -4.25. The highest BCUT2D eigenvalue weighted by Gasteiger charge is 2.27. The topological polar surface area (TPSA) is 125 Å². The molecule has 2 N–H and O–H groups in total. The fourth-order valence-corrected chi connectivity index (χ4v) is 4.75. The van der Waals surface area contributed by atoms with Gasteiger partial charge in [-0.05, 0) is 55.4 Å². The number of nitrogens with zero attached hydrogens (tertiary/aromatic N) is 5. The van der Waals surface area contributed by atoms with E-state index in [4.69, 9.17) is 9.47 Å². The Morgan fingerprint density at radius 3 is 2.79 bits per heavy atom. The molecule has 6 rings (SSSR count). The number of ether oxygens (including phenoxy) is 2. The lowest BCUT2D eigenvalue weighted by Crippen LogP contribution is -2.31. The fourth-order valence-electron chi connectivity index (χ4n) is 4.75. The van der Waals surface area contributed by atoms with Crippen LogP contribution in [-0.4, -0.2) is 43.2 Å². The van der Waals surface area contributed by atoms with Crippen LogP contribution in [0.3, 0.4) is 0 Å². The molecule has 2 fully saturated rings. The van der Waals surface area contributed by atoms with Crippen molar-refractivity contribution < 1.29 is 14.3 Å². The van der Waals surface area contributed by atoms with Crippen molar-refractivity contribution >= 4 is 34.5 Å². The van der Waals surface area contributed by atoms with Crippen LogP contribution in [0.5, 0.6) is 11.6 Å². The third kappa shape index (κ3) is 4.97. The van der Waals surface area contributed by atoms with Gasteiger partial charge in [-0.2, -0.15) is 4.98 Å². The van der Waals surface area contributed by atoms with Crippen molar-refractivity contribution in [2.24, 2.45) is 7.05 Å². The van der Waals surface area contributed by atoms with E-state index in [9.17, 15) is 9.59 Å². The van der Waals surface area contributed by atoms with E-state index in [2.05, 4.69) is 25.6 Å². The van der Waals surface area contributed by atoms with Crippen LogP contribution in [0.4, 0.5) is 17.5 Å². The summed E-state index contributed by atoms with van der Waals surface area (Å²) < 4.78 is 15.2. The first-order valence-electron chi connectivity index (χ1n) is 12.8. The van der Waals surface area contributed by atoms with Crippen LogP contribution in [0.15, 0.2) is 47.5 Å². The van der Waals surface area contributed by atoms with Gasteiger partial charge in [0.05, 0.1) is 12.6 Å². The van der Waals surface area contributed by atoms with Crippen molar-refractivity contribution in [3.05, 3.63) is 58.6 Å². The van der Waals surface area contributed by atoms with E-state index >= 15 is 0 Å². The minimum absolute atomic E-state index is 0.0386. The molecule has 0 radical (unpaired) electrons. The third-order valence-corrected chi connectivity index (χ3v) is 6.84. The summed E-state index contributed by atoms with van der Waals surface area (Å²) >= 11 is 0. The molecule has 1 aliphatic carbocycles. The first kappa shape index (κ1) is 24.1. The first-order chi connectivity index (χ1) is 18.4. The largest absolute Gasteiger partial charge is 0.439 e. The van der Waals surface area contributed by atoms with Crippen LogP contribution in [-0.2, 0) is 16.6 Å². The number of hydrogen-bond donors (Lipinski definition) is 2. The average Bonchev–Trinajstić information content (AvgIpc) is 3.71. The highest BCUT2D eigenvalue weighted by Crippen LogP contribution is 2.41. The smallest absolute Gasteiger partial charge is 0.274 e. The van der Waals surface area contributed by atoms with Gasteiger partial charge in [0.25, 0.3) is 5.56 Å². The number of aryl methyl sites for hydroxylation is 1. The maximum atomic E-state index is 13.5. The standard InChI is InChI=1S/C27H29N7O4/c1-16(35)29-23-13-20(9-10-28-23)38-24-8-7-21-25(32-24)33(2)27(30-21)31-22-12-18(17-5-6-17)14-34(26(22)36)19-4-3-11-37-15-19/h7-10,12-14,17,19H,3-6,11,15H2,1-2H3,(H,30,31)(H,28,29,35)/t19-/m0/s1. The number of amides is 1. The van der Waals surface area contributed by atoms with Crippen molar-refractivity contribution in [2.75, 3.05) is 23.8 Å². The lowest BCUT2D eigenvalue weighted by atomic mass is 10.1. The second-order valence-electron chi connectivity index (χ2n) is 9.82. The van der Waals surface area contributed by atoms with Crippen molar-refractivity contribution in [3.63, 3.8) is 0 Å². The van der Waals surface area contributed by atoms with Crippen LogP contribution >= 0.6 is 0 Å². The summed E-state index contributed by atoms with van der Waals surface area (Å²) in [5, 5.41) is 5.91. The summed E-state index contributed by atoms with van der Waals surface area (Å²) in [6, 6.07) is 8.84. The number of fused-ring (bicyclic) bond motifs is 1. The average molecular weight is 516 g/mol. The summed E-state index contributed by atoms with van der Waals surface area (Å²) in [5.41, 5.74) is 2.84. The predicted molar refractivity (Wildman–Crippen MR) is 142 cm³/mol. The summed E-state index contributed by atoms with van der Waals surface area (Å²) in [6.45, 7) is 2.71. The molecule has 1 aliphatic heterocycles. The Morgan fingerprint density at radius 2 is 2.03 bits per heavy atom. The van der Waals surface area contributed by atoms with Crippen LogP contribution in [0.1, 0.15) is 50.1 Å². The molecule has 2 aliphatic rings. The number of hydrogen-bond acceptors (Lipinski definition) is 8. The van der Waals surface area contributed by atoms with E-state index in [1.165, 1.54) is 12.5 Å². The Balaban J connectivity index is 1.29. The summed E-state index contributed by atoms with van der Waals surface area (Å²) in [7, 11) is 1.84. The number of aromatic nitrogens is 5. The monoisotopic (exact) mass is 515 g/mol. The van der Waals surface area contributed by atoms with Crippen molar-refractivity contribution in [1.82, 2.24) is 24.1 Å². The Bertz CT molecular complexity index is 1570. The molecule has 0 unspecified atom stereocenters. The molecular weight excluding hydrogens is 486 g/mol. The molecule has 4 aromatic rings. The van der Waals surface area contributed by atoms with Crippen molar-refractivity contribution in [2.45, 2.75) is 44.6 Å². The molecule has 11 heteroatoms. The highest BCUT2D eigenvalue weighted by molar-refractivity contribution is 5.87. The molecule has 0 bridgehead atoms. The first-order valence-corrected chi connectivity index (χ1v) is 12.8. The van der Waals surface area contributed by atoms with E-state index in [1.807, 2.05) is 29.9 Å². The zero-order chi connectivity index (χ0) is 26.2. The van der Waals surface area contributed by atoms with Gasteiger partial charge in [0.1, 0.15) is 22.8 Å². The molecule has 1 atom stereocenters. The van der Waals surface area contributed by atoms with Gasteiger partial charge in [0, 0.05) is 45.1 Å². The molecule has 38 heavy (non-hydrogen) atoms. The lowest BCUT2D eigenvalue weighted by Gasteiger charge is -2.25. The fraction of sp³-hybridized carbons (Fsp3) is 0.370. The molecule has 1 amide bonds. The van der Waals surface area contributed by atoms with E-state index in [1.54, 1.807) is 29.0 Å². The van der Waals surface area contributed by atoms with Crippen molar-refractivity contribution in [3.8, 4) is 11.6 Å². The molecular formula is C27H29N7O4. The van der Waals surface area contributed by atoms with Crippen molar-refractivity contribution in [1.29, 1.82) is 0 Å². The number of imidazole rings is 1. The van der Waals surface area contributed by atoms with Gasteiger partial charge in [-0.1, -0.05) is 0 Å². The van der Waals surface area contributed by atoms with E-state index < -0.39 is 0 Å². The van der Waals surface area contributed by atoms with Gasteiger partial charge < -0.3 is 24.7 Å². The molecule has 11 nitrogen and oxygen atoms in total. The van der Waals surface area contributed by atoms with Crippen LogP contribution in [0.2, 0.25) is 0 Å². The third-order valence-electron chi connectivity index (χ3n) is 6.84. The molecule has 0 aromatic carbocycles. The number of pyridine rings is 3. The van der Waals surface area contributed by atoms with E-state index in [0.29, 0.717) is 52.8 Å². The molecule has 1 saturated heterocycles. The Morgan fingerprint density at radius 1 is 1.16 bits per heavy atom. The molecule has 196 valence electrons. The summed E-state index contributed by atoms with van der Waals surface area (Å²) in [5.74, 6) is 2.03. The van der Waals surface area contributed by atoms with E-state index in [-0.39, 0.29) is 17.5 Å². The van der Waals surface area contributed by atoms with Gasteiger partial charge in [-0.15, -0.1) is 0 Å². The molecule has 0 spiro atoms. The summed E-state index contributed by atoms with van der Waals surface area (Å²) in [4.78, 5) is 38.2. The SMILES string of the molecule is CC(=O)Nc1cc(Oc2ccc3nc(Nc4cc(C5CC5)cn([C@H]5CCCOC5)c4=O)n(C)c3n2)ccn1.